The van der Waals surface area contributed by atoms with Gasteiger partial charge in [-0.1, -0.05) is 48.4 Å². The SMILES string of the molecule is O=C(Cc1cccc(Cl)c1F)c1cccc(C2CCC2)c1. The number of Topliss-reactive ketones (excluding diaryl/α,β-unsaturated/α-hetero) is 1. The molecule has 3 heteroatoms. The summed E-state index contributed by atoms with van der Waals surface area (Å²) in [6, 6.07) is 12.5. The standard InChI is InChI=1S/C18H16ClFO/c19-16-9-3-8-15(18(16)20)11-17(21)14-7-2-6-13(10-14)12-4-1-5-12/h2-3,6-10,12H,1,4-5,11H2. The fourth-order valence-electron chi connectivity index (χ4n) is 2.67. The third-order valence-electron chi connectivity index (χ3n) is 4.17. The molecule has 0 spiro atoms. The van der Waals surface area contributed by atoms with Crippen molar-refractivity contribution in [1.82, 2.24) is 0 Å². The number of carbonyl (C=O) groups is 1. The average molecular weight is 303 g/mol. The third-order valence-corrected chi connectivity index (χ3v) is 4.46. The zero-order valence-electron chi connectivity index (χ0n) is 11.6. The predicted octanol–water partition coefficient (Wildman–Crippen LogP) is 5.17. The lowest BCUT2D eigenvalue weighted by molar-refractivity contribution is 0.0991. The van der Waals surface area contributed by atoms with Crippen LogP contribution in [-0.2, 0) is 6.42 Å². The minimum absolute atomic E-state index is 0.0422. The molecule has 0 saturated heterocycles. The second-order valence-electron chi connectivity index (χ2n) is 5.57. The summed E-state index contributed by atoms with van der Waals surface area (Å²) in [6.45, 7) is 0. The van der Waals surface area contributed by atoms with Gasteiger partial charge in [0.2, 0.25) is 0 Å². The Balaban J connectivity index is 1.80. The predicted molar refractivity (Wildman–Crippen MR) is 82.5 cm³/mol. The minimum atomic E-state index is -0.498. The highest BCUT2D eigenvalue weighted by Gasteiger charge is 2.20. The van der Waals surface area contributed by atoms with Crippen molar-refractivity contribution in [3.05, 3.63) is 70.0 Å². The van der Waals surface area contributed by atoms with Crippen LogP contribution in [-0.4, -0.2) is 5.78 Å². The van der Waals surface area contributed by atoms with Crippen LogP contribution in [0.5, 0.6) is 0 Å². The van der Waals surface area contributed by atoms with Crippen LogP contribution in [0.4, 0.5) is 4.39 Å². The first-order valence-corrected chi connectivity index (χ1v) is 7.59. The van der Waals surface area contributed by atoms with Crippen LogP contribution >= 0.6 is 11.6 Å². The van der Waals surface area contributed by atoms with Crippen molar-refractivity contribution < 1.29 is 9.18 Å². The van der Waals surface area contributed by atoms with Gasteiger partial charge in [0.25, 0.3) is 0 Å². The summed E-state index contributed by atoms with van der Waals surface area (Å²) in [7, 11) is 0. The molecule has 1 saturated carbocycles. The van der Waals surface area contributed by atoms with E-state index in [0.717, 1.165) is 0 Å². The van der Waals surface area contributed by atoms with Crippen molar-refractivity contribution in [1.29, 1.82) is 0 Å². The lowest BCUT2D eigenvalue weighted by atomic mass is 9.79. The van der Waals surface area contributed by atoms with Gasteiger partial charge >= 0.3 is 0 Å². The van der Waals surface area contributed by atoms with Crippen LogP contribution in [0.1, 0.15) is 46.7 Å². The number of hydrogen-bond acceptors (Lipinski definition) is 1. The molecule has 0 unspecified atom stereocenters. The molecule has 0 aliphatic heterocycles. The van der Waals surface area contributed by atoms with Gasteiger partial charge in [0.1, 0.15) is 5.82 Å². The molecule has 2 aromatic carbocycles. The summed E-state index contributed by atoms with van der Waals surface area (Å²) in [5.74, 6) is 0.0145. The third kappa shape index (κ3) is 3.01. The van der Waals surface area contributed by atoms with Crippen LogP contribution in [0, 0.1) is 5.82 Å². The van der Waals surface area contributed by atoms with Crippen molar-refractivity contribution in [3.63, 3.8) is 0 Å². The second kappa shape index (κ2) is 5.98. The van der Waals surface area contributed by atoms with E-state index >= 15 is 0 Å². The maximum Gasteiger partial charge on any atom is 0.167 e. The zero-order valence-corrected chi connectivity index (χ0v) is 12.4. The molecule has 0 N–H and O–H groups in total. The van der Waals surface area contributed by atoms with Crippen molar-refractivity contribution >= 4 is 17.4 Å². The molecule has 1 nitrogen and oxygen atoms in total. The van der Waals surface area contributed by atoms with Gasteiger partial charge in [0, 0.05) is 12.0 Å². The topological polar surface area (TPSA) is 17.1 Å². The van der Waals surface area contributed by atoms with Gasteiger partial charge in [0.15, 0.2) is 5.78 Å². The molecular formula is C18H16ClFO. The molecule has 2 aromatic rings. The van der Waals surface area contributed by atoms with Crippen LogP contribution in [0.15, 0.2) is 42.5 Å². The molecule has 0 bridgehead atoms. The fraction of sp³-hybridized carbons (Fsp3) is 0.278. The Bertz CT molecular complexity index is 677. The van der Waals surface area contributed by atoms with E-state index in [1.807, 2.05) is 12.1 Å². The molecule has 1 fully saturated rings. The average Bonchev–Trinajstić information content (AvgIpc) is 2.42. The maximum atomic E-state index is 13.9. The number of carbonyl (C=O) groups excluding carboxylic acids is 1. The van der Waals surface area contributed by atoms with Crippen molar-refractivity contribution in [2.45, 2.75) is 31.6 Å². The Kier molecular flexibility index (Phi) is 4.07. The molecule has 21 heavy (non-hydrogen) atoms. The molecule has 0 radical (unpaired) electrons. The van der Waals surface area contributed by atoms with E-state index in [-0.39, 0.29) is 17.2 Å². The Labute approximate surface area is 128 Å². The van der Waals surface area contributed by atoms with E-state index in [2.05, 4.69) is 6.07 Å². The molecular weight excluding hydrogens is 287 g/mol. The zero-order chi connectivity index (χ0) is 14.8. The van der Waals surface area contributed by atoms with Crippen LogP contribution in [0.25, 0.3) is 0 Å². The van der Waals surface area contributed by atoms with Gasteiger partial charge in [-0.25, -0.2) is 4.39 Å². The summed E-state index contributed by atoms with van der Waals surface area (Å²) in [5, 5.41) is 0.0588. The van der Waals surface area contributed by atoms with E-state index in [9.17, 15) is 9.18 Å². The van der Waals surface area contributed by atoms with E-state index in [1.54, 1.807) is 18.2 Å². The van der Waals surface area contributed by atoms with Gasteiger partial charge in [-0.05, 0) is 42.0 Å². The molecule has 0 atom stereocenters. The number of ketones is 1. The van der Waals surface area contributed by atoms with Crippen LogP contribution < -0.4 is 0 Å². The van der Waals surface area contributed by atoms with Gasteiger partial charge in [0.05, 0.1) is 5.02 Å². The summed E-state index contributed by atoms with van der Waals surface area (Å²) >= 11 is 5.75. The largest absolute Gasteiger partial charge is 0.294 e. The highest BCUT2D eigenvalue weighted by Crippen LogP contribution is 2.36. The second-order valence-corrected chi connectivity index (χ2v) is 5.97. The Hall–Kier alpha value is -1.67. The Morgan fingerprint density at radius 1 is 1.19 bits per heavy atom. The molecule has 0 amide bonds. The summed E-state index contributed by atoms with van der Waals surface area (Å²) < 4.78 is 13.9. The van der Waals surface area contributed by atoms with Crippen molar-refractivity contribution in [2.75, 3.05) is 0 Å². The summed E-state index contributed by atoms with van der Waals surface area (Å²) in [6.07, 6.45) is 3.69. The van der Waals surface area contributed by atoms with Gasteiger partial charge in [-0.2, -0.15) is 0 Å². The van der Waals surface area contributed by atoms with Crippen molar-refractivity contribution in [3.8, 4) is 0 Å². The summed E-state index contributed by atoms with van der Waals surface area (Å²) in [5.41, 5.74) is 2.22. The molecule has 0 aromatic heterocycles. The lowest BCUT2D eigenvalue weighted by Gasteiger charge is -2.26. The fourth-order valence-corrected chi connectivity index (χ4v) is 2.86. The smallest absolute Gasteiger partial charge is 0.167 e. The quantitative estimate of drug-likeness (QED) is 0.712. The van der Waals surface area contributed by atoms with Crippen LogP contribution in [0.2, 0.25) is 5.02 Å². The minimum Gasteiger partial charge on any atom is -0.294 e. The number of halogens is 2. The normalized spacial score (nSPS) is 14.8. The highest BCUT2D eigenvalue weighted by atomic mass is 35.5. The maximum absolute atomic E-state index is 13.9. The van der Waals surface area contributed by atoms with E-state index in [1.165, 1.54) is 30.9 Å². The van der Waals surface area contributed by atoms with Gasteiger partial charge < -0.3 is 0 Å². The van der Waals surface area contributed by atoms with Crippen molar-refractivity contribution in [2.24, 2.45) is 0 Å². The first-order chi connectivity index (χ1) is 10.1. The molecule has 0 heterocycles. The van der Waals surface area contributed by atoms with Gasteiger partial charge in [-0.15, -0.1) is 0 Å². The number of rotatable bonds is 4. The van der Waals surface area contributed by atoms with Crippen LogP contribution in [0.3, 0.4) is 0 Å². The monoisotopic (exact) mass is 302 g/mol. The molecule has 1 aliphatic carbocycles. The number of benzene rings is 2. The van der Waals surface area contributed by atoms with E-state index in [4.69, 9.17) is 11.6 Å². The van der Waals surface area contributed by atoms with E-state index in [0.29, 0.717) is 17.0 Å². The molecule has 1 aliphatic rings. The number of hydrogen-bond donors (Lipinski definition) is 0. The molecule has 3 rings (SSSR count). The lowest BCUT2D eigenvalue weighted by Crippen LogP contribution is -2.11. The Morgan fingerprint density at radius 3 is 2.67 bits per heavy atom. The Morgan fingerprint density at radius 2 is 1.95 bits per heavy atom. The summed E-state index contributed by atoms with van der Waals surface area (Å²) in [4.78, 5) is 12.3. The van der Waals surface area contributed by atoms with E-state index < -0.39 is 5.82 Å². The highest BCUT2D eigenvalue weighted by molar-refractivity contribution is 6.30. The first kappa shape index (κ1) is 14.3. The first-order valence-electron chi connectivity index (χ1n) is 7.21. The van der Waals surface area contributed by atoms with Gasteiger partial charge in [-0.3, -0.25) is 4.79 Å². The molecule has 108 valence electrons.